The van der Waals surface area contributed by atoms with Crippen molar-refractivity contribution < 1.29 is 0 Å². The minimum absolute atomic E-state index is 0. The molecular weight excluding hydrogens is 375 g/mol. The highest BCUT2D eigenvalue weighted by Crippen LogP contribution is 2.10. The number of likely N-dealkylation sites (tertiary alicyclic amines) is 1. The Hall–Kier alpha value is -0.300. The molecular formula is C16H31IN4. The number of hydrogen-bond donors (Lipinski definition) is 2. The lowest BCUT2D eigenvalue weighted by atomic mass is 10.2. The molecule has 4 nitrogen and oxygen atoms in total. The Bertz CT molecular complexity index is 314. The first-order valence-corrected chi connectivity index (χ1v) is 8.30. The Labute approximate surface area is 146 Å². The Morgan fingerprint density at radius 1 is 1.14 bits per heavy atom. The van der Waals surface area contributed by atoms with Gasteiger partial charge in [0.05, 0.1) is 6.54 Å². The third kappa shape index (κ3) is 7.49. The molecule has 1 aliphatic carbocycles. The maximum absolute atomic E-state index is 4.73. The number of nitrogens with zero attached hydrogens (tertiary/aromatic N) is 2. The molecule has 0 unspecified atom stereocenters. The summed E-state index contributed by atoms with van der Waals surface area (Å²) >= 11 is 0. The highest BCUT2D eigenvalue weighted by atomic mass is 127. The second kappa shape index (κ2) is 11.3. The predicted molar refractivity (Wildman–Crippen MR) is 102 cm³/mol. The summed E-state index contributed by atoms with van der Waals surface area (Å²) in [5.41, 5.74) is 0. The van der Waals surface area contributed by atoms with Crippen LogP contribution in [-0.2, 0) is 0 Å². The molecule has 2 N–H and O–H groups in total. The Morgan fingerprint density at radius 3 is 2.43 bits per heavy atom. The van der Waals surface area contributed by atoms with Gasteiger partial charge in [0.15, 0.2) is 5.96 Å². The number of halogens is 1. The van der Waals surface area contributed by atoms with E-state index in [1.54, 1.807) is 0 Å². The molecule has 1 aliphatic heterocycles. The largest absolute Gasteiger partial charge is 0.357 e. The first kappa shape index (κ1) is 18.7. The maximum Gasteiger partial charge on any atom is 0.191 e. The lowest BCUT2D eigenvalue weighted by molar-refractivity contribution is 0.293. The fourth-order valence-electron chi connectivity index (χ4n) is 2.91. The molecule has 1 saturated heterocycles. The van der Waals surface area contributed by atoms with E-state index in [1.807, 2.05) is 0 Å². The lowest BCUT2D eigenvalue weighted by Crippen LogP contribution is -2.43. The van der Waals surface area contributed by atoms with Gasteiger partial charge in [-0.25, -0.2) is 0 Å². The molecule has 5 heteroatoms. The topological polar surface area (TPSA) is 39.7 Å². The fraction of sp³-hybridized carbons (Fsp3) is 0.812. The second-order valence-electron chi connectivity index (χ2n) is 5.80. The van der Waals surface area contributed by atoms with Crippen LogP contribution >= 0.6 is 24.0 Å². The molecule has 0 saturated carbocycles. The zero-order valence-electron chi connectivity index (χ0n) is 13.3. The van der Waals surface area contributed by atoms with Crippen LogP contribution in [-0.4, -0.2) is 49.6 Å². The van der Waals surface area contributed by atoms with Crippen molar-refractivity contribution in [3.8, 4) is 0 Å². The molecule has 0 aromatic rings. The highest BCUT2D eigenvalue weighted by Gasteiger charge is 2.12. The lowest BCUT2D eigenvalue weighted by Gasteiger charge is -2.20. The van der Waals surface area contributed by atoms with E-state index in [2.05, 4.69) is 34.6 Å². The first-order valence-electron chi connectivity index (χ1n) is 8.30. The molecule has 0 atom stereocenters. The summed E-state index contributed by atoms with van der Waals surface area (Å²) in [6.07, 6.45) is 12.3. The molecule has 1 fully saturated rings. The van der Waals surface area contributed by atoms with Gasteiger partial charge in [-0.2, -0.15) is 0 Å². The Kier molecular flexibility index (Phi) is 10.1. The molecule has 1 heterocycles. The molecule has 0 radical (unpaired) electrons. The van der Waals surface area contributed by atoms with Crippen LogP contribution in [0.25, 0.3) is 0 Å². The van der Waals surface area contributed by atoms with Gasteiger partial charge in [0.2, 0.25) is 0 Å². The van der Waals surface area contributed by atoms with Crippen molar-refractivity contribution in [2.24, 2.45) is 4.99 Å². The average Bonchev–Trinajstić information content (AvgIpc) is 2.81. The van der Waals surface area contributed by atoms with E-state index in [9.17, 15) is 0 Å². The summed E-state index contributed by atoms with van der Waals surface area (Å²) in [6.45, 7) is 7.56. The standard InChI is InChI=1S/C16H30N4.HI/c1-2-17-16(19-15-9-5-6-10-15)18-11-14-20-12-7-3-4-8-13-20;/h5-6,15H,2-4,7-14H2,1H3,(H2,17,18,19);1H. The summed E-state index contributed by atoms with van der Waals surface area (Å²) in [7, 11) is 0. The quantitative estimate of drug-likeness (QED) is 0.319. The van der Waals surface area contributed by atoms with Gasteiger partial charge >= 0.3 is 0 Å². The van der Waals surface area contributed by atoms with Gasteiger partial charge in [0.1, 0.15) is 0 Å². The summed E-state index contributed by atoms with van der Waals surface area (Å²) in [4.78, 5) is 7.29. The number of nitrogens with one attached hydrogen (secondary N) is 2. The average molecular weight is 406 g/mol. The van der Waals surface area contributed by atoms with E-state index in [4.69, 9.17) is 4.99 Å². The van der Waals surface area contributed by atoms with Crippen molar-refractivity contribution in [1.29, 1.82) is 0 Å². The van der Waals surface area contributed by atoms with Gasteiger partial charge in [-0.1, -0.05) is 25.0 Å². The monoisotopic (exact) mass is 406 g/mol. The zero-order valence-corrected chi connectivity index (χ0v) is 15.6. The van der Waals surface area contributed by atoms with Crippen LogP contribution in [0.4, 0.5) is 0 Å². The molecule has 0 aromatic carbocycles. The maximum atomic E-state index is 4.73. The van der Waals surface area contributed by atoms with E-state index < -0.39 is 0 Å². The van der Waals surface area contributed by atoms with Crippen molar-refractivity contribution in [1.82, 2.24) is 15.5 Å². The number of rotatable bonds is 5. The van der Waals surface area contributed by atoms with E-state index >= 15 is 0 Å². The number of guanidine groups is 1. The van der Waals surface area contributed by atoms with Crippen molar-refractivity contribution in [3.63, 3.8) is 0 Å². The van der Waals surface area contributed by atoms with Gasteiger partial charge in [-0.3, -0.25) is 4.99 Å². The Morgan fingerprint density at radius 2 is 1.81 bits per heavy atom. The van der Waals surface area contributed by atoms with Crippen LogP contribution in [0.3, 0.4) is 0 Å². The highest BCUT2D eigenvalue weighted by molar-refractivity contribution is 14.0. The smallest absolute Gasteiger partial charge is 0.191 e. The fourth-order valence-corrected chi connectivity index (χ4v) is 2.91. The van der Waals surface area contributed by atoms with Crippen LogP contribution in [0, 0.1) is 0 Å². The van der Waals surface area contributed by atoms with Crippen LogP contribution in [0.1, 0.15) is 45.4 Å². The van der Waals surface area contributed by atoms with Gasteiger partial charge in [0, 0.05) is 19.1 Å². The van der Waals surface area contributed by atoms with Gasteiger partial charge in [-0.15, -0.1) is 24.0 Å². The first-order chi connectivity index (χ1) is 9.88. The minimum atomic E-state index is 0. The molecule has 122 valence electrons. The third-order valence-corrected chi connectivity index (χ3v) is 4.08. The van der Waals surface area contributed by atoms with Gasteiger partial charge in [-0.05, 0) is 45.7 Å². The summed E-state index contributed by atoms with van der Waals surface area (Å²) in [5.74, 6) is 0.982. The van der Waals surface area contributed by atoms with Crippen molar-refractivity contribution in [2.45, 2.75) is 51.5 Å². The summed E-state index contributed by atoms with van der Waals surface area (Å²) < 4.78 is 0. The predicted octanol–water partition coefficient (Wildman–Crippen LogP) is 2.75. The third-order valence-electron chi connectivity index (χ3n) is 4.08. The van der Waals surface area contributed by atoms with Crippen molar-refractivity contribution >= 4 is 29.9 Å². The molecule has 21 heavy (non-hydrogen) atoms. The van der Waals surface area contributed by atoms with Crippen molar-refractivity contribution in [2.75, 3.05) is 32.7 Å². The summed E-state index contributed by atoms with van der Waals surface area (Å²) in [6, 6.07) is 0.533. The molecule has 0 spiro atoms. The molecule has 0 aromatic heterocycles. The Balaban J connectivity index is 0.00000220. The molecule has 2 aliphatic rings. The van der Waals surface area contributed by atoms with Crippen molar-refractivity contribution in [3.05, 3.63) is 12.2 Å². The normalized spacial score (nSPS) is 20.9. The van der Waals surface area contributed by atoms with E-state index in [0.717, 1.165) is 38.4 Å². The number of hydrogen-bond acceptors (Lipinski definition) is 2. The van der Waals surface area contributed by atoms with Gasteiger partial charge < -0.3 is 15.5 Å². The van der Waals surface area contributed by atoms with Crippen LogP contribution < -0.4 is 10.6 Å². The SMILES string of the molecule is CCNC(=NCCN1CCCCCC1)NC1CC=CC1.I. The summed E-state index contributed by atoms with van der Waals surface area (Å²) in [5, 5.41) is 6.88. The minimum Gasteiger partial charge on any atom is -0.357 e. The van der Waals surface area contributed by atoms with E-state index in [0.29, 0.717) is 6.04 Å². The van der Waals surface area contributed by atoms with Crippen LogP contribution in [0.15, 0.2) is 17.1 Å². The molecule has 0 bridgehead atoms. The van der Waals surface area contributed by atoms with E-state index in [1.165, 1.54) is 38.8 Å². The zero-order chi connectivity index (χ0) is 14.0. The van der Waals surface area contributed by atoms with E-state index in [-0.39, 0.29) is 24.0 Å². The van der Waals surface area contributed by atoms with Crippen LogP contribution in [0.2, 0.25) is 0 Å². The van der Waals surface area contributed by atoms with Crippen LogP contribution in [0.5, 0.6) is 0 Å². The molecule has 2 rings (SSSR count). The number of aliphatic imine (C=N–C) groups is 1. The van der Waals surface area contributed by atoms with Gasteiger partial charge in [0.25, 0.3) is 0 Å². The second-order valence-corrected chi connectivity index (χ2v) is 5.80. The molecule has 0 amide bonds.